The van der Waals surface area contributed by atoms with E-state index in [1.807, 2.05) is 0 Å². The van der Waals surface area contributed by atoms with Crippen LogP contribution < -0.4 is 11.1 Å². The molecule has 0 saturated carbocycles. The summed E-state index contributed by atoms with van der Waals surface area (Å²) in [7, 11) is 3.18. The Hall–Kier alpha value is -2.11. The molecule has 0 radical (unpaired) electrons. The molecular weight excluding hydrogens is 249 g/mol. The van der Waals surface area contributed by atoms with Crippen molar-refractivity contribution < 1.29 is 14.0 Å². The number of carbonyl (C=O) groups excluding carboxylic acids is 2. The molecule has 3 N–H and O–H groups in total. The molecule has 6 heteroatoms. The van der Waals surface area contributed by atoms with Gasteiger partial charge in [-0.15, -0.1) is 0 Å². The first kappa shape index (κ1) is 14.9. The van der Waals surface area contributed by atoms with Crippen LogP contribution in [0.15, 0.2) is 18.2 Å². The van der Waals surface area contributed by atoms with Crippen molar-refractivity contribution >= 4 is 17.5 Å². The number of nitrogens with one attached hydrogen (secondary N) is 1. The Kier molecular flexibility index (Phi) is 4.86. The third kappa shape index (κ3) is 4.57. The topological polar surface area (TPSA) is 75.4 Å². The summed E-state index contributed by atoms with van der Waals surface area (Å²) in [6.45, 7) is 1.73. The van der Waals surface area contributed by atoms with Gasteiger partial charge < -0.3 is 16.0 Å². The van der Waals surface area contributed by atoms with Crippen LogP contribution in [0.25, 0.3) is 0 Å². The van der Waals surface area contributed by atoms with Crippen molar-refractivity contribution in [2.24, 2.45) is 5.73 Å². The summed E-state index contributed by atoms with van der Waals surface area (Å²) in [5.41, 5.74) is 6.38. The molecule has 0 aliphatic rings. The SMILES string of the molecule is Cc1cc(F)cc(NC(CC(=O)N(C)C)C(N)=O)c1. The summed E-state index contributed by atoms with van der Waals surface area (Å²) in [5, 5.41) is 2.78. The maximum Gasteiger partial charge on any atom is 0.240 e. The van der Waals surface area contributed by atoms with E-state index >= 15 is 0 Å². The number of rotatable bonds is 5. The van der Waals surface area contributed by atoms with Crippen molar-refractivity contribution in [1.82, 2.24) is 4.90 Å². The van der Waals surface area contributed by atoms with Gasteiger partial charge in [-0.1, -0.05) is 0 Å². The van der Waals surface area contributed by atoms with Crippen molar-refractivity contribution in [2.45, 2.75) is 19.4 Å². The quantitative estimate of drug-likeness (QED) is 0.831. The third-order valence-corrected chi connectivity index (χ3v) is 2.60. The van der Waals surface area contributed by atoms with Crippen molar-refractivity contribution in [1.29, 1.82) is 0 Å². The van der Waals surface area contributed by atoms with E-state index in [1.165, 1.54) is 17.0 Å². The summed E-state index contributed by atoms with van der Waals surface area (Å²) in [6, 6.07) is 3.44. The second-order valence-corrected chi connectivity index (χ2v) is 4.61. The van der Waals surface area contributed by atoms with Gasteiger partial charge in [0.1, 0.15) is 11.9 Å². The third-order valence-electron chi connectivity index (χ3n) is 2.60. The zero-order chi connectivity index (χ0) is 14.6. The molecule has 104 valence electrons. The molecule has 0 aliphatic heterocycles. The number of nitrogens with two attached hydrogens (primary N) is 1. The van der Waals surface area contributed by atoms with Crippen LogP contribution in [0.5, 0.6) is 0 Å². The number of primary amides is 1. The van der Waals surface area contributed by atoms with Crippen LogP contribution in [0.3, 0.4) is 0 Å². The standard InChI is InChI=1S/C13H18FN3O2/c1-8-4-9(14)6-10(5-8)16-11(13(15)19)7-12(18)17(2)3/h4-6,11,16H,7H2,1-3H3,(H2,15,19). The van der Waals surface area contributed by atoms with Crippen molar-refractivity contribution in [2.75, 3.05) is 19.4 Å². The molecule has 2 amide bonds. The summed E-state index contributed by atoms with van der Waals surface area (Å²) >= 11 is 0. The zero-order valence-electron chi connectivity index (χ0n) is 11.2. The lowest BCUT2D eigenvalue weighted by Crippen LogP contribution is -2.39. The highest BCUT2D eigenvalue weighted by Crippen LogP contribution is 2.15. The van der Waals surface area contributed by atoms with E-state index in [9.17, 15) is 14.0 Å². The molecule has 5 nitrogen and oxygen atoms in total. The molecule has 1 aromatic carbocycles. The number of hydrogen-bond donors (Lipinski definition) is 2. The Labute approximate surface area is 111 Å². The van der Waals surface area contributed by atoms with Crippen molar-refractivity contribution in [3.8, 4) is 0 Å². The first-order chi connectivity index (χ1) is 8.79. The average molecular weight is 267 g/mol. The number of aryl methyl sites for hydroxylation is 1. The molecule has 1 atom stereocenters. The van der Waals surface area contributed by atoms with Gasteiger partial charge in [0.05, 0.1) is 6.42 Å². The predicted molar refractivity (Wildman–Crippen MR) is 71.1 cm³/mol. The normalized spacial score (nSPS) is 11.8. The summed E-state index contributed by atoms with van der Waals surface area (Å²) in [4.78, 5) is 24.3. The monoisotopic (exact) mass is 267 g/mol. The average Bonchev–Trinajstić information content (AvgIpc) is 2.26. The number of anilines is 1. The lowest BCUT2D eigenvalue weighted by molar-refractivity contribution is -0.131. The molecule has 1 aromatic rings. The molecule has 0 aromatic heterocycles. The minimum Gasteiger partial charge on any atom is -0.373 e. The fourth-order valence-corrected chi connectivity index (χ4v) is 1.60. The highest BCUT2D eigenvalue weighted by molar-refractivity contribution is 5.89. The van der Waals surface area contributed by atoms with E-state index in [-0.39, 0.29) is 12.3 Å². The van der Waals surface area contributed by atoms with Crippen LogP contribution in [0.2, 0.25) is 0 Å². The van der Waals surface area contributed by atoms with E-state index < -0.39 is 17.8 Å². The van der Waals surface area contributed by atoms with Crippen molar-refractivity contribution in [3.63, 3.8) is 0 Å². The molecule has 1 unspecified atom stereocenters. The van der Waals surface area contributed by atoms with Gasteiger partial charge in [-0.3, -0.25) is 9.59 Å². The molecule has 0 fully saturated rings. The van der Waals surface area contributed by atoms with Gasteiger partial charge in [-0.25, -0.2) is 4.39 Å². The smallest absolute Gasteiger partial charge is 0.240 e. The van der Waals surface area contributed by atoms with Gasteiger partial charge >= 0.3 is 0 Å². The highest BCUT2D eigenvalue weighted by Gasteiger charge is 2.20. The maximum atomic E-state index is 13.2. The Bertz CT molecular complexity index is 469. The van der Waals surface area contributed by atoms with Crippen molar-refractivity contribution in [3.05, 3.63) is 29.6 Å². The molecule has 1 rings (SSSR count). The summed E-state index contributed by atoms with van der Waals surface area (Å²) in [5.74, 6) is -1.30. The van der Waals surface area contributed by atoms with Crippen LogP contribution in [0, 0.1) is 12.7 Å². The number of halogens is 1. The lowest BCUT2D eigenvalue weighted by Gasteiger charge is -2.19. The highest BCUT2D eigenvalue weighted by atomic mass is 19.1. The van der Waals surface area contributed by atoms with E-state index in [4.69, 9.17) is 5.73 Å². The minimum absolute atomic E-state index is 0.0715. The Balaban J connectivity index is 2.84. The van der Waals surface area contributed by atoms with Gasteiger partial charge in [0, 0.05) is 19.8 Å². The van der Waals surface area contributed by atoms with Crippen LogP contribution in [-0.4, -0.2) is 36.9 Å². The first-order valence-corrected chi connectivity index (χ1v) is 5.83. The van der Waals surface area contributed by atoms with Crippen LogP contribution in [0.1, 0.15) is 12.0 Å². The number of amides is 2. The van der Waals surface area contributed by atoms with Gasteiger partial charge in [0.25, 0.3) is 0 Å². The molecular formula is C13H18FN3O2. The van der Waals surface area contributed by atoms with Crippen LogP contribution in [0.4, 0.5) is 10.1 Å². The summed E-state index contributed by atoms with van der Waals surface area (Å²) in [6.07, 6.45) is -0.0715. The van der Waals surface area contributed by atoms with E-state index in [2.05, 4.69) is 5.32 Å². The largest absolute Gasteiger partial charge is 0.373 e. The van der Waals surface area contributed by atoms with E-state index in [0.29, 0.717) is 11.3 Å². The number of benzene rings is 1. The summed E-state index contributed by atoms with van der Waals surface area (Å²) < 4.78 is 13.2. The fraction of sp³-hybridized carbons (Fsp3) is 0.385. The molecule has 0 spiro atoms. The second-order valence-electron chi connectivity index (χ2n) is 4.61. The maximum absolute atomic E-state index is 13.2. The Morgan fingerprint density at radius 2 is 2.00 bits per heavy atom. The zero-order valence-corrected chi connectivity index (χ0v) is 11.2. The Morgan fingerprint density at radius 1 is 1.37 bits per heavy atom. The number of hydrogen-bond acceptors (Lipinski definition) is 3. The molecule has 0 saturated heterocycles. The second kappa shape index (κ2) is 6.17. The molecule has 0 aliphatic carbocycles. The number of carbonyl (C=O) groups is 2. The minimum atomic E-state index is -0.865. The number of nitrogens with zero attached hydrogens (tertiary/aromatic N) is 1. The van der Waals surface area contributed by atoms with Gasteiger partial charge in [0.2, 0.25) is 11.8 Å². The molecule has 19 heavy (non-hydrogen) atoms. The predicted octanol–water partition coefficient (Wildman–Crippen LogP) is 0.878. The molecule has 0 bridgehead atoms. The lowest BCUT2D eigenvalue weighted by atomic mass is 10.1. The first-order valence-electron chi connectivity index (χ1n) is 5.83. The fourth-order valence-electron chi connectivity index (χ4n) is 1.60. The van der Waals surface area contributed by atoms with Crippen LogP contribution in [-0.2, 0) is 9.59 Å². The van der Waals surface area contributed by atoms with Gasteiger partial charge in [0.15, 0.2) is 0 Å². The van der Waals surface area contributed by atoms with E-state index in [1.54, 1.807) is 27.1 Å². The van der Waals surface area contributed by atoms with Gasteiger partial charge in [-0.05, 0) is 30.7 Å². The Morgan fingerprint density at radius 3 is 2.47 bits per heavy atom. The van der Waals surface area contributed by atoms with Crippen LogP contribution >= 0.6 is 0 Å². The van der Waals surface area contributed by atoms with E-state index in [0.717, 1.165) is 0 Å². The molecule has 0 heterocycles. The van der Waals surface area contributed by atoms with Gasteiger partial charge in [-0.2, -0.15) is 0 Å².